The SMILES string of the molecule is N=C(N)N1CCc2ccc(ON=CCCCCCN3CCC(Oc4ccc(CC(=O)O)cc4)CC3)cc2C1. The Balaban J connectivity index is 1.05. The van der Waals surface area contributed by atoms with Gasteiger partial charge in [-0.2, -0.15) is 0 Å². The third-order valence-electron chi connectivity index (χ3n) is 7.19. The molecular formula is C29H39N5O4. The van der Waals surface area contributed by atoms with Crippen molar-refractivity contribution in [2.75, 3.05) is 26.2 Å². The molecule has 9 heteroatoms. The van der Waals surface area contributed by atoms with Crippen molar-refractivity contribution in [3.63, 3.8) is 0 Å². The summed E-state index contributed by atoms with van der Waals surface area (Å²) in [4.78, 5) is 20.7. The number of piperidine rings is 1. The van der Waals surface area contributed by atoms with E-state index in [1.165, 1.54) is 12.0 Å². The molecule has 0 aliphatic carbocycles. The minimum Gasteiger partial charge on any atom is -0.490 e. The summed E-state index contributed by atoms with van der Waals surface area (Å²) in [6.45, 7) is 4.61. The zero-order valence-corrected chi connectivity index (χ0v) is 22.0. The highest BCUT2D eigenvalue weighted by Crippen LogP contribution is 2.24. The molecular weight excluding hydrogens is 482 g/mol. The normalized spacial score (nSPS) is 16.4. The standard InChI is InChI=1S/C29H39N5O4/c30-29(31)34-18-11-23-7-10-27(20-24(23)21-34)38-32-14-3-1-2-4-15-33-16-12-26(13-17-33)37-25-8-5-22(6-9-25)19-28(35)36/h5-10,14,20,26H,1-4,11-13,15-19,21H2,(H3,30,31)(H,35,36). The molecule has 0 spiro atoms. The average Bonchev–Trinajstić information content (AvgIpc) is 2.91. The Morgan fingerprint density at radius 1 is 1.05 bits per heavy atom. The molecule has 0 atom stereocenters. The van der Waals surface area contributed by atoms with Crippen LogP contribution in [0.25, 0.3) is 0 Å². The first-order valence-electron chi connectivity index (χ1n) is 13.6. The second-order valence-corrected chi connectivity index (χ2v) is 10.1. The van der Waals surface area contributed by atoms with E-state index in [4.69, 9.17) is 25.8 Å². The van der Waals surface area contributed by atoms with Gasteiger partial charge in [0.05, 0.1) is 6.42 Å². The summed E-state index contributed by atoms with van der Waals surface area (Å²) in [5.74, 6) is 0.818. The molecule has 2 heterocycles. The summed E-state index contributed by atoms with van der Waals surface area (Å²) in [6.07, 6.45) is 9.31. The number of carboxylic acids is 1. The molecule has 0 amide bonds. The average molecular weight is 522 g/mol. The van der Waals surface area contributed by atoms with Crippen molar-refractivity contribution in [2.24, 2.45) is 10.9 Å². The molecule has 9 nitrogen and oxygen atoms in total. The van der Waals surface area contributed by atoms with Gasteiger partial charge in [-0.1, -0.05) is 29.8 Å². The van der Waals surface area contributed by atoms with Crippen LogP contribution in [0.2, 0.25) is 0 Å². The number of guanidine groups is 1. The lowest BCUT2D eigenvalue weighted by Gasteiger charge is -2.32. The van der Waals surface area contributed by atoms with Gasteiger partial charge in [-0.3, -0.25) is 10.2 Å². The first-order valence-corrected chi connectivity index (χ1v) is 13.6. The molecule has 2 aromatic rings. The van der Waals surface area contributed by atoms with Gasteiger partial charge < -0.3 is 30.2 Å². The lowest BCUT2D eigenvalue weighted by atomic mass is 10.00. The third-order valence-corrected chi connectivity index (χ3v) is 7.19. The number of carbonyl (C=O) groups is 1. The van der Waals surface area contributed by atoms with Gasteiger partial charge in [0.2, 0.25) is 0 Å². The van der Waals surface area contributed by atoms with Gasteiger partial charge in [-0.25, -0.2) is 0 Å². The largest absolute Gasteiger partial charge is 0.490 e. The van der Waals surface area contributed by atoms with E-state index in [2.05, 4.69) is 16.1 Å². The number of ether oxygens (including phenoxy) is 1. The van der Waals surface area contributed by atoms with E-state index in [1.807, 2.05) is 47.5 Å². The van der Waals surface area contributed by atoms with Gasteiger partial charge in [0.1, 0.15) is 11.9 Å². The van der Waals surface area contributed by atoms with Crippen LogP contribution in [0, 0.1) is 5.41 Å². The Morgan fingerprint density at radius 3 is 2.55 bits per heavy atom. The molecule has 0 bridgehead atoms. The Kier molecular flexibility index (Phi) is 9.97. The van der Waals surface area contributed by atoms with Crippen LogP contribution in [0.15, 0.2) is 47.6 Å². The van der Waals surface area contributed by atoms with Crippen LogP contribution < -0.4 is 15.3 Å². The lowest BCUT2D eigenvalue weighted by Crippen LogP contribution is -2.40. The number of carboxylic acid groups (broad SMARTS) is 1. The highest BCUT2D eigenvalue weighted by molar-refractivity contribution is 5.75. The molecule has 1 saturated heterocycles. The molecule has 1 fully saturated rings. The molecule has 4 N–H and O–H groups in total. The Morgan fingerprint density at radius 2 is 1.82 bits per heavy atom. The Bertz CT molecular complexity index is 1100. The second-order valence-electron chi connectivity index (χ2n) is 10.1. The molecule has 0 radical (unpaired) electrons. The van der Waals surface area contributed by atoms with Gasteiger partial charge >= 0.3 is 5.97 Å². The smallest absolute Gasteiger partial charge is 0.307 e. The number of nitrogens with one attached hydrogen (secondary N) is 1. The molecule has 0 saturated carbocycles. The van der Waals surface area contributed by atoms with Gasteiger partial charge in [0.25, 0.3) is 0 Å². The van der Waals surface area contributed by atoms with E-state index in [0.717, 1.165) is 81.6 Å². The summed E-state index contributed by atoms with van der Waals surface area (Å²) in [7, 11) is 0. The van der Waals surface area contributed by atoms with Crippen LogP contribution >= 0.6 is 0 Å². The monoisotopic (exact) mass is 521 g/mol. The third kappa shape index (κ3) is 8.48. The number of hydrogen-bond acceptors (Lipinski definition) is 6. The van der Waals surface area contributed by atoms with E-state index in [9.17, 15) is 4.79 Å². The summed E-state index contributed by atoms with van der Waals surface area (Å²) < 4.78 is 6.10. The van der Waals surface area contributed by atoms with Crippen LogP contribution in [0.3, 0.4) is 0 Å². The number of benzene rings is 2. The Labute approximate surface area is 224 Å². The predicted octanol–water partition coefficient (Wildman–Crippen LogP) is 4.03. The van der Waals surface area contributed by atoms with Crippen LogP contribution in [0.5, 0.6) is 11.5 Å². The molecule has 4 rings (SSSR count). The number of nitrogens with two attached hydrogens (primary N) is 1. The van der Waals surface area contributed by atoms with E-state index in [1.54, 1.807) is 0 Å². The fourth-order valence-corrected chi connectivity index (χ4v) is 5.00. The zero-order valence-electron chi connectivity index (χ0n) is 22.0. The van der Waals surface area contributed by atoms with Crippen LogP contribution in [0.4, 0.5) is 0 Å². The first-order chi connectivity index (χ1) is 18.5. The number of oxime groups is 1. The molecule has 2 aromatic carbocycles. The second kappa shape index (κ2) is 13.8. The first kappa shape index (κ1) is 27.4. The topological polar surface area (TPSA) is 124 Å². The predicted molar refractivity (Wildman–Crippen MR) is 148 cm³/mol. The highest BCUT2D eigenvalue weighted by Gasteiger charge is 2.20. The van der Waals surface area contributed by atoms with E-state index < -0.39 is 5.97 Å². The van der Waals surface area contributed by atoms with Crippen LogP contribution in [-0.2, 0) is 24.2 Å². The van der Waals surface area contributed by atoms with Crippen LogP contribution in [-0.4, -0.2) is 65.3 Å². The lowest BCUT2D eigenvalue weighted by molar-refractivity contribution is -0.136. The number of unbranched alkanes of at least 4 members (excludes halogenated alkanes) is 3. The summed E-state index contributed by atoms with van der Waals surface area (Å²) in [5.41, 5.74) is 8.84. The van der Waals surface area contributed by atoms with E-state index in [0.29, 0.717) is 12.3 Å². The molecule has 2 aliphatic rings. The van der Waals surface area contributed by atoms with Crippen molar-refractivity contribution in [2.45, 2.75) is 64.0 Å². The molecule has 204 valence electrons. The summed E-state index contributed by atoms with van der Waals surface area (Å²) in [6, 6.07) is 13.4. The fraction of sp³-hybridized carbons (Fsp3) is 0.483. The Hall–Kier alpha value is -3.59. The minimum absolute atomic E-state index is 0.0392. The van der Waals surface area contributed by atoms with Crippen molar-refractivity contribution in [3.8, 4) is 11.5 Å². The molecule has 0 unspecified atom stereocenters. The number of fused-ring (bicyclic) bond motifs is 1. The number of likely N-dealkylation sites (tertiary alicyclic amines) is 1. The van der Waals surface area contributed by atoms with Gasteiger partial charge in [-0.15, -0.1) is 0 Å². The highest BCUT2D eigenvalue weighted by atomic mass is 16.6. The van der Waals surface area contributed by atoms with Crippen molar-refractivity contribution >= 4 is 18.1 Å². The number of rotatable bonds is 12. The van der Waals surface area contributed by atoms with Crippen LogP contribution in [0.1, 0.15) is 55.2 Å². The molecule has 2 aliphatic heterocycles. The van der Waals surface area contributed by atoms with Crippen molar-refractivity contribution < 1.29 is 19.5 Å². The van der Waals surface area contributed by atoms with Gasteiger partial charge in [0, 0.05) is 32.4 Å². The zero-order chi connectivity index (χ0) is 26.7. The van der Waals surface area contributed by atoms with E-state index >= 15 is 0 Å². The maximum atomic E-state index is 10.8. The number of nitrogens with zero attached hydrogens (tertiary/aromatic N) is 3. The minimum atomic E-state index is -0.820. The van der Waals surface area contributed by atoms with Crippen molar-refractivity contribution in [3.05, 3.63) is 59.2 Å². The summed E-state index contributed by atoms with van der Waals surface area (Å²) >= 11 is 0. The maximum absolute atomic E-state index is 10.8. The van der Waals surface area contributed by atoms with E-state index in [-0.39, 0.29) is 18.5 Å². The van der Waals surface area contributed by atoms with Crippen molar-refractivity contribution in [1.29, 1.82) is 5.41 Å². The summed E-state index contributed by atoms with van der Waals surface area (Å²) in [5, 5.41) is 20.7. The number of aliphatic carboxylic acids is 1. The molecule has 0 aromatic heterocycles. The number of hydrogen-bond donors (Lipinski definition) is 3. The maximum Gasteiger partial charge on any atom is 0.307 e. The van der Waals surface area contributed by atoms with Gasteiger partial charge in [0.15, 0.2) is 11.7 Å². The fourth-order valence-electron chi connectivity index (χ4n) is 5.00. The quantitative estimate of drug-likeness (QED) is 0.167. The van der Waals surface area contributed by atoms with Gasteiger partial charge in [-0.05, 0) is 86.0 Å². The molecule has 38 heavy (non-hydrogen) atoms. The van der Waals surface area contributed by atoms with Crippen molar-refractivity contribution in [1.82, 2.24) is 9.80 Å².